The zero-order chi connectivity index (χ0) is 15.5. The molecule has 0 aromatic carbocycles. The fourth-order valence-electron chi connectivity index (χ4n) is 3.28. The molecular weight excluding hydrogens is 262 g/mol. The molecule has 1 aliphatic rings. The van der Waals surface area contributed by atoms with E-state index in [1.54, 1.807) is 0 Å². The number of unbranched alkanes of at least 4 members (excludes halogenated alkanes) is 1. The number of aliphatic hydroxyl groups excluding tert-OH is 1. The molecule has 0 spiro atoms. The minimum atomic E-state index is -0.217. The van der Waals surface area contributed by atoms with E-state index in [4.69, 9.17) is 0 Å². The number of aromatic nitrogens is 2. The van der Waals surface area contributed by atoms with Gasteiger partial charge >= 0.3 is 0 Å². The molecule has 0 bridgehead atoms. The molecule has 0 amide bonds. The number of hydrogen-bond acceptors (Lipinski definition) is 3. The highest BCUT2D eigenvalue weighted by molar-refractivity contribution is 5.21. The second-order valence-electron chi connectivity index (χ2n) is 7.38. The van der Waals surface area contributed by atoms with Crippen LogP contribution in [0.3, 0.4) is 0 Å². The first-order valence-electron chi connectivity index (χ1n) is 8.32. The van der Waals surface area contributed by atoms with E-state index < -0.39 is 0 Å². The number of rotatable bonds is 6. The van der Waals surface area contributed by atoms with Crippen LogP contribution in [0.2, 0.25) is 0 Å². The van der Waals surface area contributed by atoms with Crippen LogP contribution in [0.25, 0.3) is 0 Å². The molecule has 1 aromatic heterocycles. The smallest absolute Gasteiger partial charge is 0.0597 e. The van der Waals surface area contributed by atoms with E-state index in [0.717, 1.165) is 32.4 Å². The van der Waals surface area contributed by atoms with Crippen molar-refractivity contribution < 1.29 is 5.11 Å². The summed E-state index contributed by atoms with van der Waals surface area (Å²) < 4.78 is 0. The molecule has 2 atom stereocenters. The lowest BCUT2D eigenvalue weighted by Crippen LogP contribution is -2.35. The van der Waals surface area contributed by atoms with E-state index in [1.165, 1.54) is 24.1 Å². The number of nitrogens with zero attached hydrogens (tertiary/aromatic N) is 2. The molecule has 2 N–H and O–H groups in total. The van der Waals surface area contributed by atoms with Crippen LogP contribution in [0, 0.1) is 5.41 Å². The summed E-state index contributed by atoms with van der Waals surface area (Å²) in [5.41, 5.74) is 2.59. The third kappa shape index (κ3) is 4.07. The van der Waals surface area contributed by atoms with Gasteiger partial charge in [0.05, 0.1) is 12.3 Å². The van der Waals surface area contributed by atoms with Crippen molar-refractivity contribution in [3.05, 3.63) is 17.5 Å². The topological polar surface area (TPSA) is 52.2 Å². The molecule has 2 unspecified atom stereocenters. The van der Waals surface area contributed by atoms with Crippen LogP contribution in [-0.2, 0) is 6.54 Å². The highest BCUT2D eigenvalue weighted by atomic mass is 16.3. The summed E-state index contributed by atoms with van der Waals surface area (Å²) in [6, 6.07) is 0. The van der Waals surface area contributed by atoms with E-state index in [0.29, 0.717) is 5.92 Å². The van der Waals surface area contributed by atoms with Crippen LogP contribution < -0.4 is 0 Å². The lowest BCUT2D eigenvalue weighted by Gasteiger charge is -2.39. The zero-order valence-corrected chi connectivity index (χ0v) is 14.0. The van der Waals surface area contributed by atoms with Gasteiger partial charge in [0, 0.05) is 23.7 Å². The summed E-state index contributed by atoms with van der Waals surface area (Å²) in [4.78, 5) is 2.36. The Morgan fingerprint density at radius 2 is 2.24 bits per heavy atom. The highest BCUT2D eigenvalue weighted by Gasteiger charge is 2.36. The standard InChI is InChI=1S/C17H31N3O/c1-5-6-9-20(4)12-14-11-18-19-16(14)13-7-8-17(2,3)15(21)10-13/h11,13,15,21H,5-10,12H2,1-4H3,(H,18,19). The minimum absolute atomic E-state index is 0.0502. The molecule has 1 saturated carbocycles. The molecule has 4 heteroatoms. The lowest BCUT2D eigenvalue weighted by atomic mass is 9.70. The maximum absolute atomic E-state index is 10.4. The molecule has 2 rings (SSSR count). The van der Waals surface area contributed by atoms with Crippen molar-refractivity contribution in [3.8, 4) is 0 Å². The average Bonchev–Trinajstić information content (AvgIpc) is 2.87. The van der Waals surface area contributed by atoms with Crippen molar-refractivity contribution in [2.24, 2.45) is 5.41 Å². The highest BCUT2D eigenvalue weighted by Crippen LogP contribution is 2.42. The van der Waals surface area contributed by atoms with Gasteiger partial charge in [-0.1, -0.05) is 27.2 Å². The van der Waals surface area contributed by atoms with Gasteiger partial charge in [-0.3, -0.25) is 5.10 Å². The van der Waals surface area contributed by atoms with Crippen LogP contribution in [0.1, 0.15) is 70.1 Å². The third-order valence-corrected chi connectivity index (χ3v) is 5.04. The second kappa shape index (κ2) is 6.93. The Kier molecular flexibility index (Phi) is 5.44. The maximum Gasteiger partial charge on any atom is 0.0597 e. The number of H-pyrrole nitrogens is 1. The first-order valence-corrected chi connectivity index (χ1v) is 8.32. The Morgan fingerprint density at radius 3 is 2.90 bits per heavy atom. The minimum Gasteiger partial charge on any atom is -0.393 e. The van der Waals surface area contributed by atoms with Crippen LogP contribution >= 0.6 is 0 Å². The van der Waals surface area contributed by atoms with Crippen LogP contribution in [-0.4, -0.2) is 39.9 Å². The number of aromatic amines is 1. The van der Waals surface area contributed by atoms with Crippen LogP contribution in [0.15, 0.2) is 6.20 Å². The van der Waals surface area contributed by atoms with Crippen molar-refractivity contribution in [1.82, 2.24) is 15.1 Å². The Labute approximate surface area is 128 Å². The van der Waals surface area contributed by atoms with Crippen LogP contribution in [0.5, 0.6) is 0 Å². The predicted molar refractivity (Wildman–Crippen MR) is 86.2 cm³/mol. The molecule has 0 radical (unpaired) electrons. The van der Waals surface area contributed by atoms with Crippen molar-refractivity contribution in [2.45, 2.75) is 71.4 Å². The van der Waals surface area contributed by atoms with Gasteiger partial charge in [0.1, 0.15) is 0 Å². The Balaban J connectivity index is 2.00. The van der Waals surface area contributed by atoms with Gasteiger partial charge in [0.2, 0.25) is 0 Å². The molecule has 120 valence electrons. The van der Waals surface area contributed by atoms with E-state index in [-0.39, 0.29) is 11.5 Å². The number of hydrogen-bond donors (Lipinski definition) is 2. The molecule has 4 nitrogen and oxygen atoms in total. The van der Waals surface area contributed by atoms with Crippen molar-refractivity contribution in [1.29, 1.82) is 0 Å². The summed E-state index contributed by atoms with van der Waals surface area (Å²) >= 11 is 0. The van der Waals surface area contributed by atoms with Gasteiger partial charge in [-0.25, -0.2) is 0 Å². The molecular formula is C17H31N3O. The van der Waals surface area contributed by atoms with Crippen molar-refractivity contribution in [3.63, 3.8) is 0 Å². The van der Waals surface area contributed by atoms with E-state index in [2.05, 4.69) is 42.9 Å². The van der Waals surface area contributed by atoms with Gasteiger partial charge in [0.25, 0.3) is 0 Å². The average molecular weight is 293 g/mol. The van der Waals surface area contributed by atoms with Crippen LogP contribution in [0.4, 0.5) is 0 Å². The first kappa shape index (κ1) is 16.5. The van der Waals surface area contributed by atoms with Gasteiger partial charge in [-0.15, -0.1) is 0 Å². The largest absolute Gasteiger partial charge is 0.393 e. The van der Waals surface area contributed by atoms with Gasteiger partial charge in [-0.05, 0) is 44.7 Å². The normalized spacial score (nSPS) is 25.4. The van der Waals surface area contributed by atoms with E-state index >= 15 is 0 Å². The maximum atomic E-state index is 10.4. The molecule has 0 aliphatic heterocycles. The van der Waals surface area contributed by atoms with E-state index in [1.807, 2.05) is 6.20 Å². The zero-order valence-electron chi connectivity index (χ0n) is 14.0. The molecule has 1 aliphatic carbocycles. The number of aliphatic hydroxyl groups is 1. The number of nitrogens with one attached hydrogen (secondary N) is 1. The first-order chi connectivity index (χ1) is 9.94. The summed E-state index contributed by atoms with van der Waals surface area (Å²) in [6.45, 7) is 8.63. The summed E-state index contributed by atoms with van der Waals surface area (Å²) in [5.74, 6) is 0.421. The predicted octanol–water partition coefficient (Wildman–Crippen LogP) is 3.30. The fourth-order valence-corrected chi connectivity index (χ4v) is 3.28. The molecule has 1 heterocycles. The summed E-state index contributed by atoms with van der Waals surface area (Å²) in [7, 11) is 2.17. The molecule has 1 aromatic rings. The second-order valence-corrected chi connectivity index (χ2v) is 7.38. The van der Waals surface area contributed by atoms with Gasteiger partial charge in [0.15, 0.2) is 0 Å². The van der Waals surface area contributed by atoms with Crippen molar-refractivity contribution >= 4 is 0 Å². The third-order valence-electron chi connectivity index (χ3n) is 5.04. The monoisotopic (exact) mass is 293 g/mol. The van der Waals surface area contributed by atoms with Crippen molar-refractivity contribution in [2.75, 3.05) is 13.6 Å². The molecule has 21 heavy (non-hydrogen) atoms. The lowest BCUT2D eigenvalue weighted by molar-refractivity contribution is 0.00462. The SMILES string of the molecule is CCCCN(C)Cc1cn[nH]c1C1CCC(C)(C)C(O)C1. The summed E-state index contributed by atoms with van der Waals surface area (Å²) in [5, 5.41) is 17.8. The van der Waals surface area contributed by atoms with E-state index in [9.17, 15) is 5.11 Å². The Hall–Kier alpha value is -0.870. The summed E-state index contributed by atoms with van der Waals surface area (Å²) in [6.07, 6.45) is 7.27. The fraction of sp³-hybridized carbons (Fsp3) is 0.824. The Bertz CT molecular complexity index is 441. The van der Waals surface area contributed by atoms with Gasteiger partial charge in [-0.2, -0.15) is 5.10 Å². The quantitative estimate of drug-likeness (QED) is 0.846. The molecule has 0 saturated heterocycles. The Morgan fingerprint density at radius 1 is 1.48 bits per heavy atom. The van der Waals surface area contributed by atoms with Gasteiger partial charge < -0.3 is 10.0 Å². The molecule has 1 fully saturated rings.